The van der Waals surface area contributed by atoms with Crippen LogP contribution in [-0.2, 0) is 11.2 Å². The third kappa shape index (κ3) is 4.31. The molecule has 3 rings (SSSR count). The quantitative estimate of drug-likeness (QED) is 0.802. The number of hydrogen-bond donors (Lipinski definition) is 1. The first-order chi connectivity index (χ1) is 10.7. The van der Waals surface area contributed by atoms with Crippen molar-refractivity contribution in [3.63, 3.8) is 0 Å². The summed E-state index contributed by atoms with van der Waals surface area (Å²) in [5.74, 6) is -0.223. The summed E-state index contributed by atoms with van der Waals surface area (Å²) < 4.78 is 4.98. The van der Waals surface area contributed by atoms with Crippen molar-refractivity contribution in [3.05, 3.63) is 72.4 Å². The Hall–Kier alpha value is -2.88. The maximum absolute atomic E-state index is 10.4. The third-order valence-electron chi connectivity index (χ3n) is 3.05. The molecule has 0 unspecified atom stereocenters. The topological polar surface area (TPSA) is 59.4 Å². The number of hydrogen-bond acceptors (Lipinski definition) is 3. The lowest BCUT2D eigenvalue weighted by Gasteiger charge is -2.04. The molecule has 1 heterocycles. The van der Waals surface area contributed by atoms with Crippen LogP contribution in [0.15, 0.2) is 66.9 Å². The van der Waals surface area contributed by atoms with E-state index >= 15 is 0 Å². The number of carboxylic acid groups (broad SMARTS) is 1. The first kappa shape index (κ1) is 15.5. The van der Waals surface area contributed by atoms with Crippen LogP contribution in [0.4, 0.5) is 0 Å². The molecule has 0 aliphatic heterocycles. The molecule has 3 aromatic rings. The second-order valence-electron chi connectivity index (χ2n) is 4.58. The first-order valence-electron chi connectivity index (χ1n) is 6.84. The Labute approximate surface area is 129 Å². The van der Waals surface area contributed by atoms with Crippen LogP contribution in [-0.4, -0.2) is 23.2 Å². The highest BCUT2D eigenvalue weighted by atomic mass is 16.5. The average Bonchev–Trinajstić information content (AvgIpc) is 2.55. The fourth-order valence-electron chi connectivity index (χ4n) is 2.03. The predicted octanol–water partition coefficient (Wildman–Crippen LogP) is 3.56. The number of para-hydroxylation sites is 2. The molecule has 4 heteroatoms. The summed E-state index contributed by atoms with van der Waals surface area (Å²) in [6.07, 6.45) is 1.81. The number of pyridine rings is 1. The fourth-order valence-corrected chi connectivity index (χ4v) is 2.03. The van der Waals surface area contributed by atoms with Gasteiger partial charge < -0.3 is 9.84 Å². The van der Waals surface area contributed by atoms with Crippen LogP contribution in [0.1, 0.15) is 5.56 Å². The number of aliphatic carboxylic acids is 1. The van der Waals surface area contributed by atoms with Gasteiger partial charge in [-0.05, 0) is 18.2 Å². The largest absolute Gasteiger partial charge is 0.496 e. The van der Waals surface area contributed by atoms with Crippen LogP contribution < -0.4 is 4.74 Å². The van der Waals surface area contributed by atoms with Crippen molar-refractivity contribution in [3.8, 4) is 5.75 Å². The number of carboxylic acids is 1. The number of methoxy groups -OCH3 is 1. The van der Waals surface area contributed by atoms with Crippen molar-refractivity contribution in [1.82, 2.24) is 4.98 Å². The Bertz CT molecular complexity index is 690. The SMILES string of the molecule is COc1ccccc1CC(=O)O.c1ccc2ncccc2c1. The van der Waals surface area contributed by atoms with Crippen molar-refractivity contribution in [2.45, 2.75) is 6.42 Å². The highest BCUT2D eigenvalue weighted by molar-refractivity contribution is 5.77. The second kappa shape index (κ2) is 7.78. The second-order valence-corrected chi connectivity index (χ2v) is 4.58. The van der Waals surface area contributed by atoms with Crippen molar-refractivity contribution >= 4 is 16.9 Å². The highest BCUT2D eigenvalue weighted by Crippen LogP contribution is 2.17. The van der Waals surface area contributed by atoms with Crippen molar-refractivity contribution < 1.29 is 14.6 Å². The number of nitrogens with zero attached hydrogens (tertiary/aromatic N) is 1. The lowest BCUT2D eigenvalue weighted by atomic mass is 10.1. The van der Waals surface area contributed by atoms with E-state index in [4.69, 9.17) is 9.84 Å². The molecule has 0 saturated carbocycles. The first-order valence-corrected chi connectivity index (χ1v) is 6.84. The van der Waals surface area contributed by atoms with Crippen LogP contribution in [0.5, 0.6) is 5.75 Å². The molecule has 22 heavy (non-hydrogen) atoms. The minimum absolute atomic E-state index is 0.00398. The van der Waals surface area contributed by atoms with Gasteiger partial charge in [0, 0.05) is 17.1 Å². The Morgan fingerprint density at radius 2 is 1.73 bits per heavy atom. The van der Waals surface area contributed by atoms with Gasteiger partial charge in [0.2, 0.25) is 0 Å². The predicted molar refractivity (Wildman–Crippen MR) is 86.1 cm³/mol. The summed E-state index contributed by atoms with van der Waals surface area (Å²) in [5.41, 5.74) is 1.76. The van der Waals surface area contributed by atoms with E-state index in [1.54, 1.807) is 18.2 Å². The molecule has 2 aromatic carbocycles. The monoisotopic (exact) mass is 295 g/mol. The molecule has 0 aliphatic rings. The molecule has 0 atom stereocenters. The lowest BCUT2D eigenvalue weighted by Crippen LogP contribution is -2.01. The number of aromatic nitrogens is 1. The number of rotatable bonds is 3. The Balaban J connectivity index is 0.000000162. The van der Waals surface area contributed by atoms with E-state index in [1.165, 1.54) is 12.5 Å². The van der Waals surface area contributed by atoms with Gasteiger partial charge >= 0.3 is 5.97 Å². The smallest absolute Gasteiger partial charge is 0.307 e. The van der Waals surface area contributed by atoms with E-state index in [1.807, 2.05) is 36.5 Å². The Morgan fingerprint density at radius 1 is 1.05 bits per heavy atom. The standard InChI is InChI=1S/C9H7N.C9H10O3/c1-2-6-9-8(4-1)5-3-7-10-9;1-12-8-5-3-2-4-7(8)6-9(10)11/h1-7H;2-5H,6H2,1H3,(H,10,11). The van der Waals surface area contributed by atoms with E-state index in [2.05, 4.69) is 17.1 Å². The van der Waals surface area contributed by atoms with Gasteiger partial charge in [-0.1, -0.05) is 42.5 Å². The highest BCUT2D eigenvalue weighted by Gasteiger charge is 2.05. The van der Waals surface area contributed by atoms with Gasteiger partial charge in [0.25, 0.3) is 0 Å². The molecule has 0 aliphatic carbocycles. The summed E-state index contributed by atoms with van der Waals surface area (Å²) >= 11 is 0. The van der Waals surface area contributed by atoms with Crippen LogP contribution >= 0.6 is 0 Å². The minimum atomic E-state index is -0.848. The molecular formula is C18H17NO3. The van der Waals surface area contributed by atoms with Crippen LogP contribution in [0.3, 0.4) is 0 Å². The summed E-state index contributed by atoms with van der Waals surface area (Å²) in [4.78, 5) is 14.6. The van der Waals surface area contributed by atoms with Crippen LogP contribution in [0.25, 0.3) is 10.9 Å². The van der Waals surface area contributed by atoms with E-state index in [-0.39, 0.29) is 6.42 Å². The zero-order chi connectivity index (χ0) is 15.8. The van der Waals surface area contributed by atoms with Gasteiger partial charge in [-0.2, -0.15) is 0 Å². The zero-order valence-electron chi connectivity index (χ0n) is 12.3. The zero-order valence-corrected chi connectivity index (χ0v) is 12.3. The van der Waals surface area contributed by atoms with Crippen molar-refractivity contribution in [2.24, 2.45) is 0 Å². The maximum atomic E-state index is 10.4. The number of fused-ring (bicyclic) bond motifs is 1. The molecule has 0 saturated heterocycles. The van der Waals surface area contributed by atoms with Gasteiger partial charge in [-0.15, -0.1) is 0 Å². The summed E-state index contributed by atoms with van der Waals surface area (Å²) in [5, 5.41) is 9.73. The van der Waals surface area contributed by atoms with Gasteiger partial charge in [0.15, 0.2) is 0 Å². The van der Waals surface area contributed by atoms with Gasteiger partial charge in [0.05, 0.1) is 19.0 Å². The van der Waals surface area contributed by atoms with Crippen LogP contribution in [0, 0.1) is 0 Å². The van der Waals surface area contributed by atoms with E-state index in [0.717, 1.165) is 5.52 Å². The van der Waals surface area contributed by atoms with Crippen LogP contribution in [0.2, 0.25) is 0 Å². The number of benzene rings is 2. The molecule has 0 amide bonds. The summed E-state index contributed by atoms with van der Waals surface area (Å²) in [7, 11) is 1.53. The molecule has 0 fully saturated rings. The van der Waals surface area contributed by atoms with Gasteiger partial charge in [-0.25, -0.2) is 0 Å². The average molecular weight is 295 g/mol. The Morgan fingerprint density at radius 3 is 2.45 bits per heavy atom. The molecular weight excluding hydrogens is 278 g/mol. The van der Waals surface area contributed by atoms with E-state index < -0.39 is 5.97 Å². The molecule has 112 valence electrons. The number of carbonyl (C=O) groups is 1. The van der Waals surface area contributed by atoms with Crippen molar-refractivity contribution in [2.75, 3.05) is 7.11 Å². The lowest BCUT2D eigenvalue weighted by molar-refractivity contribution is -0.136. The van der Waals surface area contributed by atoms with E-state index in [0.29, 0.717) is 11.3 Å². The normalized spacial score (nSPS) is 9.68. The number of ether oxygens (including phenoxy) is 1. The Kier molecular flexibility index (Phi) is 5.49. The summed E-state index contributed by atoms with van der Waals surface area (Å²) in [6.45, 7) is 0. The molecule has 0 bridgehead atoms. The van der Waals surface area contributed by atoms with E-state index in [9.17, 15) is 4.79 Å². The molecule has 0 radical (unpaired) electrons. The fraction of sp³-hybridized carbons (Fsp3) is 0.111. The van der Waals surface area contributed by atoms with Crippen molar-refractivity contribution in [1.29, 1.82) is 0 Å². The minimum Gasteiger partial charge on any atom is -0.496 e. The molecule has 1 N–H and O–H groups in total. The van der Waals surface area contributed by atoms with Gasteiger partial charge in [0.1, 0.15) is 5.75 Å². The van der Waals surface area contributed by atoms with Gasteiger partial charge in [-0.3, -0.25) is 9.78 Å². The molecule has 0 spiro atoms. The third-order valence-corrected chi connectivity index (χ3v) is 3.05. The summed E-state index contributed by atoms with van der Waals surface area (Å²) in [6, 6.07) is 19.2. The maximum Gasteiger partial charge on any atom is 0.307 e. The molecule has 1 aromatic heterocycles. The molecule has 4 nitrogen and oxygen atoms in total.